The van der Waals surface area contributed by atoms with E-state index in [1.54, 1.807) is 25.1 Å². The van der Waals surface area contributed by atoms with Gasteiger partial charge in [0.1, 0.15) is 17.3 Å². The van der Waals surface area contributed by atoms with Crippen molar-refractivity contribution in [3.05, 3.63) is 40.3 Å². The number of rotatable bonds is 7. The second kappa shape index (κ2) is 9.02. The van der Waals surface area contributed by atoms with Crippen LogP contribution in [0.15, 0.2) is 24.3 Å². The van der Waals surface area contributed by atoms with Gasteiger partial charge in [0.2, 0.25) is 5.91 Å². The van der Waals surface area contributed by atoms with E-state index in [1.165, 1.54) is 17.4 Å². The molecule has 1 aromatic heterocycles. The van der Waals surface area contributed by atoms with Crippen LogP contribution in [-0.2, 0) is 27.2 Å². The van der Waals surface area contributed by atoms with Gasteiger partial charge in [0.15, 0.2) is 0 Å². The Labute approximate surface area is 193 Å². The van der Waals surface area contributed by atoms with Gasteiger partial charge in [0.25, 0.3) is 5.91 Å². The number of fused-ring (bicyclic) bond motifs is 1. The number of anilines is 2. The Morgan fingerprint density at radius 3 is 2.58 bits per heavy atom. The number of urea groups is 1. The van der Waals surface area contributed by atoms with E-state index in [2.05, 4.69) is 5.32 Å². The normalized spacial score (nSPS) is 15.6. The standard InChI is InChI=1S/C22H22N4O6S/c1-2-32-14-9-5-4-8-13(14)26-21(30)20(29)25(22(26)31)11-16(27)24-19-17(18(23)28)12-7-3-6-10-15(12)33-19/h4-5,8-9H,2-3,6-7,10-11H2,1H3,(H2,23,28)(H,24,27). The third kappa shape index (κ3) is 4.07. The molecule has 0 atom stereocenters. The fraction of sp³-hybridized carbons (Fsp3) is 0.318. The second-order valence-electron chi connectivity index (χ2n) is 7.54. The first-order valence-electron chi connectivity index (χ1n) is 10.5. The molecule has 1 aliphatic carbocycles. The van der Waals surface area contributed by atoms with Gasteiger partial charge in [-0.3, -0.25) is 19.2 Å². The molecule has 0 unspecified atom stereocenters. The minimum Gasteiger partial charge on any atom is -0.492 e. The van der Waals surface area contributed by atoms with Crippen LogP contribution < -0.4 is 20.7 Å². The average molecular weight is 471 g/mol. The van der Waals surface area contributed by atoms with Crippen molar-refractivity contribution in [1.29, 1.82) is 0 Å². The van der Waals surface area contributed by atoms with Crippen molar-refractivity contribution in [2.24, 2.45) is 5.73 Å². The molecule has 172 valence electrons. The summed E-state index contributed by atoms with van der Waals surface area (Å²) in [4.78, 5) is 65.0. The highest BCUT2D eigenvalue weighted by atomic mass is 32.1. The fourth-order valence-electron chi connectivity index (χ4n) is 4.00. The maximum atomic E-state index is 12.9. The van der Waals surface area contributed by atoms with Crippen molar-refractivity contribution in [2.45, 2.75) is 32.6 Å². The minimum atomic E-state index is -1.12. The van der Waals surface area contributed by atoms with Crippen molar-refractivity contribution in [1.82, 2.24) is 4.90 Å². The molecule has 0 saturated carbocycles. The summed E-state index contributed by atoms with van der Waals surface area (Å²) in [5.74, 6) is -3.31. The Morgan fingerprint density at radius 1 is 1.12 bits per heavy atom. The van der Waals surface area contributed by atoms with Crippen LogP contribution in [-0.4, -0.2) is 47.7 Å². The van der Waals surface area contributed by atoms with Gasteiger partial charge in [-0.1, -0.05) is 12.1 Å². The summed E-state index contributed by atoms with van der Waals surface area (Å²) >= 11 is 1.27. The summed E-state index contributed by atoms with van der Waals surface area (Å²) in [6.07, 6.45) is 3.40. The smallest absolute Gasteiger partial charge is 0.339 e. The molecule has 1 aliphatic heterocycles. The minimum absolute atomic E-state index is 0.118. The molecule has 2 aliphatic rings. The number of nitrogens with zero attached hydrogens (tertiary/aromatic N) is 2. The first-order valence-corrected chi connectivity index (χ1v) is 11.3. The molecular formula is C22H22N4O6S. The number of carbonyl (C=O) groups excluding carboxylic acids is 5. The number of ether oxygens (including phenoxy) is 1. The summed E-state index contributed by atoms with van der Waals surface area (Å²) in [7, 11) is 0. The highest BCUT2D eigenvalue weighted by Gasteiger charge is 2.47. The third-order valence-corrected chi connectivity index (χ3v) is 6.64. The fourth-order valence-corrected chi connectivity index (χ4v) is 5.31. The number of aryl methyl sites for hydroxylation is 1. The van der Waals surface area contributed by atoms with E-state index >= 15 is 0 Å². The third-order valence-electron chi connectivity index (χ3n) is 5.43. The van der Waals surface area contributed by atoms with E-state index < -0.39 is 36.2 Å². The van der Waals surface area contributed by atoms with Gasteiger partial charge in [-0.25, -0.2) is 14.6 Å². The zero-order chi connectivity index (χ0) is 23.7. The van der Waals surface area contributed by atoms with Crippen LogP contribution in [0.4, 0.5) is 15.5 Å². The maximum absolute atomic E-state index is 12.9. The van der Waals surface area contributed by atoms with E-state index in [-0.39, 0.29) is 17.0 Å². The van der Waals surface area contributed by atoms with E-state index in [0.717, 1.165) is 29.7 Å². The lowest BCUT2D eigenvalue weighted by molar-refractivity contribution is -0.140. The summed E-state index contributed by atoms with van der Waals surface area (Å²) in [6.45, 7) is 1.35. The molecule has 1 fully saturated rings. The molecule has 3 N–H and O–H groups in total. The van der Waals surface area contributed by atoms with Gasteiger partial charge < -0.3 is 15.8 Å². The SMILES string of the molecule is CCOc1ccccc1N1C(=O)C(=O)N(CC(=O)Nc2sc3c(c2C(N)=O)CCCC3)C1=O. The molecule has 2 aromatic rings. The number of imide groups is 2. The van der Waals surface area contributed by atoms with Gasteiger partial charge in [0, 0.05) is 4.88 Å². The molecule has 1 aromatic carbocycles. The van der Waals surface area contributed by atoms with Crippen molar-refractivity contribution in [2.75, 3.05) is 23.4 Å². The molecule has 11 heteroatoms. The van der Waals surface area contributed by atoms with Crippen molar-refractivity contribution < 1.29 is 28.7 Å². The number of para-hydroxylation sites is 2. The lowest BCUT2D eigenvalue weighted by atomic mass is 9.95. The van der Waals surface area contributed by atoms with Crippen LogP contribution in [0.1, 0.15) is 40.6 Å². The molecule has 6 amide bonds. The highest BCUT2D eigenvalue weighted by molar-refractivity contribution is 7.17. The predicted octanol–water partition coefficient (Wildman–Crippen LogP) is 2.06. The monoisotopic (exact) mass is 470 g/mol. The van der Waals surface area contributed by atoms with Crippen molar-refractivity contribution >= 4 is 51.7 Å². The zero-order valence-corrected chi connectivity index (χ0v) is 18.7. The number of carbonyl (C=O) groups is 5. The lowest BCUT2D eigenvalue weighted by Crippen LogP contribution is -2.39. The van der Waals surface area contributed by atoms with Gasteiger partial charge in [-0.2, -0.15) is 0 Å². The molecule has 2 heterocycles. The Hall–Kier alpha value is -3.73. The molecule has 0 bridgehead atoms. The van der Waals surface area contributed by atoms with Crippen molar-refractivity contribution in [3.8, 4) is 5.75 Å². The number of thiophene rings is 1. The number of hydrogen-bond donors (Lipinski definition) is 2. The summed E-state index contributed by atoms with van der Waals surface area (Å²) in [5.41, 5.74) is 6.77. The molecule has 0 spiro atoms. The zero-order valence-electron chi connectivity index (χ0n) is 17.9. The Kier molecular flexibility index (Phi) is 6.14. The largest absolute Gasteiger partial charge is 0.492 e. The quantitative estimate of drug-likeness (QED) is 0.469. The molecule has 1 saturated heterocycles. The van der Waals surface area contributed by atoms with E-state index in [0.29, 0.717) is 27.8 Å². The van der Waals surface area contributed by atoms with Gasteiger partial charge in [-0.15, -0.1) is 11.3 Å². The van der Waals surface area contributed by atoms with Crippen LogP contribution in [0.5, 0.6) is 5.75 Å². The van der Waals surface area contributed by atoms with Crippen LogP contribution >= 0.6 is 11.3 Å². The number of benzene rings is 1. The van der Waals surface area contributed by atoms with Gasteiger partial charge in [0.05, 0.1) is 17.9 Å². The summed E-state index contributed by atoms with van der Waals surface area (Å²) < 4.78 is 5.45. The van der Waals surface area contributed by atoms with Crippen LogP contribution in [0.25, 0.3) is 0 Å². The van der Waals surface area contributed by atoms with E-state index in [9.17, 15) is 24.0 Å². The molecular weight excluding hydrogens is 448 g/mol. The number of primary amides is 1. The maximum Gasteiger partial charge on any atom is 0.339 e. The Morgan fingerprint density at radius 2 is 1.85 bits per heavy atom. The predicted molar refractivity (Wildman–Crippen MR) is 120 cm³/mol. The first kappa shape index (κ1) is 22.5. The lowest BCUT2D eigenvalue weighted by Gasteiger charge is -2.18. The van der Waals surface area contributed by atoms with Gasteiger partial charge in [-0.05, 0) is 50.3 Å². The van der Waals surface area contributed by atoms with Crippen molar-refractivity contribution in [3.63, 3.8) is 0 Å². The van der Waals surface area contributed by atoms with E-state index in [1.807, 2.05) is 0 Å². The first-order chi connectivity index (χ1) is 15.8. The molecule has 4 rings (SSSR count). The van der Waals surface area contributed by atoms with Crippen LogP contribution in [0.2, 0.25) is 0 Å². The van der Waals surface area contributed by atoms with Crippen LogP contribution in [0.3, 0.4) is 0 Å². The number of hydrogen-bond acceptors (Lipinski definition) is 7. The Bertz CT molecular complexity index is 1170. The summed E-state index contributed by atoms with van der Waals surface area (Å²) in [5, 5.41) is 2.89. The average Bonchev–Trinajstić information content (AvgIpc) is 3.24. The molecule has 0 radical (unpaired) electrons. The number of nitrogens with one attached hydrogen (secondary N) is 1. The highest BCUT2D eigenvalue weighted by Crippen LogP contribution is 2.38. The topological polar surface area (TPSA) is 139 Å². The summed E-state index contributed by atoms with van der Waals surface area (Å²) in [6, 6.07) is 5.37. The van der Waals surface area contributed by atoms with Gasteiger partial charge >= 0.3 is 17.8 Å². The Balaban J connectivity index is 1.54. The number of amides is 6. The number of nitrogens with two attached hydrogens (primary N) is 1. The van der Waals surface area contributed by atoms with Crippen LogP contribution in [0, 0.1) is 0 Å². The molecule has 33 heavy (non-hydrogen) atoms. The van der Waals surface area contributed by atoms with E-state index in [4.69, 9.17) is 10.5 Å². The molecule has 10 nitrogen and oxygen atoms in total. The second-order valence-corrected chi connectivity index (χ2v) is 8.65.